The molecule has 0 aromatic rings. The van der Waals surface area contributed by atoms with Gasteiger partial charge in [0.2, 0.25) is 0 Å². The molecule has 0 fully saturated rings. The molecule has 0 aromatic carbocycles. The third-order valence-corrected chi connectivity index (χ3v) is 16.0. The van der Waals surface area contributed by atoms with Crippen LogP contribution in [0, 0.1) is 23.7 Å². The van der Waals surface area contributed by atoms with Crippen LogP contribution >= 0.6 is 15.6 Å². The lowest BCUT2D eigenvalue weighted by Gasteiger charge is -2.21. The Labute approximate surface area is 492 Å². The van der Waals surface area contributed by atoms with E-state index in [0.29, 0.717) is 37.5 Å². The zero-order valence-corrected chi connectivity index (χ0v) is 54.2. The van der Waals surface area contributed by atoms with Gasteiger partial charge in [0.1, 0.15) is 19.3 Å². The van der Waals surface area contributed by atoms with Crippen molar-refractivity contribution in [2.24, 2.45) is 23.7 Å². The molecule has 0 saturated heterocycles. The highest BCUT2D eigenvalue weighted by Gasteiger charge is 2.30. The lowest BCUT2D eigenvalue weighted by atomic mass is 10.0. The molecule has 5 atom stereocenters. The fraction of sp³-hybridized carbons (Fsp3) is 0.935. The Balaban J connectivity index is 5.24. The van der Waals surface area contributed by atoms with Gasteiger partial charge in [-0.25, -0.2) is 9.13 Å². The van der Waals surface area contributed by atoms with Crippen LogP contribution in [0.1, 0.15) is 293 Å². The molecular weight excluding hydrogens is 1080 g/mol. The number of aliphatic hydroxyl groups is 1. The highest BCUT2D eigenvalue weighted by atomic mass is 31.2. The maximum atomic E-state index is 12.9. The van der Waals surface area contributed by atoms with Crippen LogP contribution in [-0.2, 0) is 65.4 Å². The summed E-state index contributed by atoms with van der Waals surface area (Å²) in [5.74, 6) is 0.670. The van der Waals surface area contributed by atoms with Crippen LogP contribution in [-0.4, -0.2) is 96.7 Å². The minimum atomic E-state index is -4.94. The van der Waals surface area contributed by atoms with Crippen LogP contribution in [0.4, 0.5) is 0 Å². The number of hydrogen-bond acceptors (Lipinski definition) is 15. The molecule has 0 aliphatic carbocycles. The molecular formula is C62H120O17P2. The van der Waals surface area contributed by atoms with Crippen LogP contribution in [0.2, 0.25) is 0 Å². The molecule has 0 rings (SSSR count). The molecule has 0 spiro atoms. The van der Waals surface area contributed by atoms with Crippen molar-refractivity contribution in [1.29, 1.82) is 0 Å². The summed E-state index contributed by atoms with van der Waals surface area (Å²) in [6, 6.07) is 0. The van der Waals surface area contributed by atoms with Gasteiger partial charge < -0.3 is 33.8 Å². The van der Waals surface area contributed by atoms with Crippen molar-refractivity contribution in [2.45, 2.75) is 311 Å². The summed E-state index contributed by atoms with van der Waals surface area (Å²) in [5, 5.41) is 10.5. The molecule has 0 saturated carbocycles. The molecule has 17 nitrogen and oxygen atoms in total. The molecule has 19 heteroatoms. The second kappa shape index (κ2) is 52.4. The van der Waals surface area contributed by atoms with Crippen molar-refractivity contribution < 1.29 is 80.2 Å². The van der Waals surface area contributed by atoms with E-state index in [0.717, 1.165) is 102 Å². The first-order valence-electron chi connectivity index (χ1n) is 32.2. The predicted molar refractivity (Wildman–Crippen MR) is 321 cm³/mol. The lowest BCUT2D eigenvalue weighted by molar-refractivity contribution is -0.161. The van der Waals surface area contributed by atoms with E-state index < -0.39 is 97.5 Å². The van der Waals surface area contributed by atoms with Crippen LogP contribution in [0.5, 0.6) is 0 Å². The number of rotatable bonds is 59. The molecule has 3 unspecified atom stereocenters. The van der Waals surface area contributed by atoms with E-state index in [4.69, 9.17) is 37.0 Å². The Morgan fingerprint density at radius 2 is 0.519 bits per heavy atom. The van der Waals surface area contributed by atoms with Crippen molar-refractivity contribution in [2.75, 3.05) is 39.6 Å². The molecule has 0 aliphatic rings. The summed E-state index contributed by atoms with van der Waals surface area (Å²) < 4.78 is 67.8. The standard InChI is InChI=1S/C62H120O17P2/c1-52(2)38-30-22-14-9-11-17-26-34-42-59(64)72-48-57(78-61(66)44-36-28-19-13-16-24-32-40-54(5)6)50-76-80(68,69)74-46-56(63)47-75-81(70,71)77-51-58(79-62(67)45-37-29-21-20-25-33-41-55(7)8)49-73-60(65)43-35-27-18-12-10-15-23-31-39-53(3)4/h52-58,63H,9-51H2,1-8H3,(H,68,69)(H,70,71)/t56?,57-,58-/m1/s1. The first-order chi connectivity index (χ1) is 38.6. The predicted octanol–water partition coefficient (Wildman–Crippen LogP) is 16.6. The number of unbranched alkanes of at least 4 members (excludes halogenated alkanes) is 25. The summed E-state index contributed by atoms with van der Waals surface area (Å²) in [6.45, 7) is 13.8. The average Bonchev–Trinajstić information content (AvgIpc) is 3.40. The highest BCUT2D eigenvalue weighted by molar-refractivity contribution is 7.47. The number of aliphatic hydroxyl groups excluding tert-OH is 1. The SMILES string of the molecule is CC(C)CCCCCCCCCCC(=O)OC[C@H](COP(=O)(O)OCC(O)COP(=O)(O)OC[C@@H](COC(=O)CCCCCCCCCCC(C)C)OC(=O)CCCCCCCCC(C)C)OC(=O)CCCCCCCCCC(C)C. The maximum absolute atomic E-state index is 12.9. The molecule has 0 heterocycles. The summed E-state index contributed by atoms with van der Waals surface area (Å²) in [6.07, 6.45) is 31.1. The van der Waals surface area contributed by atoms with Gasteiger partial charge >= 0.3 is 39.5 Å². The van der Waals surface area contributed by atoms with Gasteiger partial charge in [0.15, 0.2) is 12.2 Å². The Morgan fingerprint density at radius 1 is 0.309 bits per heavy atom. The van der Waals surface area contributed by atoms with Crippen molar-refractivity contribution >= 4 is 39.5 Å². The van der Waals surface area contributed by atoms with Gasteiger partial charge in [0.05, 0.1) is 26.4 Å². The second-order valence-corrected chi connectivity index (χ2v) is 27.3. The van der Waals surface area contributed by atoms with E-state index in [1.807, 2.05) is 0 Å². The Kier molecular flexibility index (Phi) is 51.1. The van der Waals surface area contributed by atoms with Crippen LogP contribution in [0.25, 0.3) is 0 Å². The quantitative estimate of drug-likeness (QED) is 0.0222. The first-order valence-corrected chi connectivity index (χ1v) is 35.2. The Hall–Kier alpha value is -1.94. The fourth-order valence-electron chi connectivity index (χ4n) is 9.08. The molecule has 0 amide bonds. The highest BCUT2D eigenvalue weighted by Crippen LogP contribution is 2.45. The van der Waals surface area contributed by atoms with Gasteiger partial charge in [-0.3, -0.25) is 37.3 Å². The second-order valence-electron chi connectivity index (χ2n) is 24.3. The third-order valence-electron chi connectivity index (χ3n) is 14.1. The summed E-state index contributed by atoms with van der Waals surface area (Å²) in [5.41, 5.74) is 0. The van der Waals surface area contributed by atoms with Gasteiger partial charge in [0, 0.05) is 25.7 Å². The third kappa shape index (κ3) is 56.9. The van der Waals surface area contributed by atoms with Crippen LogP contribution in [0.3, 0.4) is 0 Å². The summed E-state index contributed by atoms with van der Waals surface area (Å²) >= 11 is 0. The molecule has 0 bridgehead atoms. The van der Waals surface area contributed by atoms with Crippen LogP contribution in [0.15, 0.2) is 0 Å². The normalized spacial score (nSPS) is 14.5. The summed E-state index contributed by atoms with van der Waals surface area (Å²) in [4.78, 5) is 72.0. The van der Waals surface area contributed by atoms with Crippen molar-refractivity contribution in [3.63, 3.8) is 0 Å². The lowest BCUT2D eigenvalue weighted by Crippen LogP contribution is -2.30. The molecule has 0 aromatic heterocycles. The van der Waals surface area contributed by atoms with E-state index in [1.54, 1.807) is 0 Å². The van der Waals surface area contributed by atoms with Crippen molar-refractivity contribution in [3.05, 3.63) is 0 Å². The number of esters is 4. The number of carbonyl (C=O) groups excluding carboxylic acids is 4. The molecule has 3 N–H and O–H groups in total. The van der Waals surface area contributed by atoms with Gasteiger partial charge in [-0.15, -0.1) is 0 Å². The smallest absolute Gasteiger partial charge is 0.462 e. The van der Waals surface area contributed by atoms with Crippen molar-refractivity contribution in [3.8, 4) is 0 Å². The maximum Gasteiger partial charge on any atom is 0.472 e. The first kappa shape index (κ1) is 79.1. The largest absolute Gasteiger partial charge is 0.472 e. The van der Waals surface area contributed by atoms with Gasteiger partial charge in [0.25, 0.3) is 0 Å². The van der Waals surface area contributed by atoms with Gasteiger partial charge in [-0.2, -0.15) is 0 Å². The minimum Gasteiger partial charge on any atom is -0.462 e. The number of phosphoric acid groups is 2. The monoisotopic (exact) mass is 1200 g/mol. The molecule has 81 heavy (non-hydrogen) atoms. The Bertz CT molecular complexity index is 1630. The zero-order valence-electron chi connectivity index (χ0n) is 52.4. The van der Waals surface area contributed by atoms with Crippen molar-refractivity contribution in [1.82, 2.24) is 0 Å². The number of ether oxygens (including phenoxy) is 4. The Morgan fingerprint density at radius 3 is 0.765 bits per heavy atom. The molecule has 0 radical (unpaired) electrons. The van der Waals surface area contributed by atoms with E-state index in [1.165, 1.54) is 96.3 Å². The topological polar surface area (TPSA) is 237 Å². The van der Waals surface area contributed by atoms with E-state index in [9.17, 15) is 43.2 Å². The minimum absolute atomic E-state index is 0.101. The van der Waals surface area contributed by atoms with Crippen LogP contribution < -0.4 is 0 Å². The number of hydrogen-bond donors (Lipinski definition) is 3. The molecule has 480 valence electrons. The number of carbonyl (C=O) groups is 4. The average molecular weight is 1200 g/mol. The summed E-state index contributed by atoms with van der Waals surface area (Å²) in [7, 11) is -9.88. The zero-order chi connectivity index (χ0) is 60.4. The van der Waals surface area contributed by atoms with E-state index in [-0.39, 0.29) is 25.7 Å². The fourth-order valence-corrected chi connectivity index (χ4v) is 10.7. The van der Waals surface area contributed by atoms with Gasteiger partial charge in [-0.1, -0.05) is 242 Å². The van der Waals surface area contributed by atoms with E-state index >= 15 is 0 Å². The molecule has 0 aliphatic heterocycles. The van der Waals surface area contributed by atoms with E-state index in [2.05, 4.69) is 55.4 Å². The number of phosphoric ester groups is 2. The van der Waals surface area contributed by atoms with Gasteiger partial charge in [-0.05, 0) is 49.4 Å².